The molecule has 3 heteroatoms. The zero-order valence-electron chi connectivity index (χ0n) is 18.9. The van der Waals surface area contributed by atoms with Crippen LogP contribution in [0, 0.1) is 17.7 Å². The minimum atomic E-state index is 0.0290. The van der Waals surface area contributed by atoms with E-state index in [9.17, 15) is 4.39 Å². The van der Waals surface area contributed by atoms with Gasteiger partial charge in [0.25, 0.3) is 0 Å². The predicted octanol–water partition coefficient (Wildman–Crippen LogP) is 8.64. The Morgan fingerprint density at radius 2 is 1.67 bits per heavy atom. The predicted molar refractivity (Wildman–Crippen MR) is 127 cm³/mol. The highest BCUT2D eigenvalue weighted by Crippen LogP contribution is 2.42. The van der Waals surface area contributed by atoms with E-state index in [2.05, 4.69) is 26.0 Å². The second-order valence-electron chi connectivity index (χ2n) is 9.84. The van der Waals surface area contributed by atoms with Crippen LogP contribution >= 0.6 is 11.3 Å². The van der Waals surface area contributed by atoms with Gasteiger partial charge in [-0.1, -0.05) is 45.2 Å². The van der Waals surface area contributed by atoms with Crippen molar-refractivity contribution in [1.82, 2.24) is 0 Å². The number of hydrogen-bond donors (Lipinski definition) is 0. The maximum atomic E-state index is 14.8. The Kier molecular flexibility index (Phi) is 7.86. The van der Waals surface area contributed by atoms with Gasteiger partial charge in [-0.05, 0) is 92.6 Å². The molecule has 0 unspecified atom stereocenters. The van der Waals surface area contributed by atoms with E-state index in [4.69, 9.17) is 4.74 Å². The lowest BCUT2D eigenvalue weighted by atomic mass is 9.81. The number of halogens is 1. The summed E-state index contributed by atoms with van der Waals surface area (Å²) in [6, 6.07) is 6.37. The molecule has 0 N–H and O–H groups in total. The van der Waals surface area contributed by atoms with Gasteiger partial charge in [-0.25, -0.2) is 4.39 Å². The zero-order chi connectivity index (χ0) is 20.9. The highest BCUT2D eigenvalue weighted by atomic mass is 32.1. The third kappa shape index (κ3) is 5.27. The van der Waals surface area contributed by atoms with Crippen molar-refractivity contribution in [2.75, 3.05) is 6.61 Å². The molecule has 0 aliphatic heterocycles. The first-order valence-electron chi connectivity index (χ1n) is 12.5. The Labute approximate surface area is 186 Å². The molecule has 2 saturated carbocycles. The van der Waals surface area contributed by atoms with E-state index in [1.807, 2.05) is 6.07 Å². The van der Waals surface area contributed by atoms with E-state index in [1.54, 1.807) is 11.3 Å². The van der Waals surface area contributed by atoms with E-state index in [1.165, 1.54) is 69.1 Å². The van der Waals surface area contributed by atoms with Gasteiger partial charge in [0.05, 0.1) is 10.8 Å². The Hall–Kier alpha value is -0.930. The molecule has 1 aromatic heterocycles. The van der Waals surface area contributed by atoms with Crippen molar-refractivity contribution in [1.29, 1.82) is 0 Å². The molecule has 2 aliphatic carbocycles. The second kappa shape index (κ2) is 10.6. The van der Waals surface area contributed by atoms with Crippen molar-refractivity contribution in [3.63, 3.8) is 0 Å². The molecule has 2 aromatic rings. The van der Waals surface area contributed by atoms with Crippen LogP contribution in [0.5, 0.6) is 0 Å². The van der Waals surface area contributed by atoms with Crippen LogP contribution in [0.1, 0.15) is 101 Å². The Morgan fingerprint density at radius 1 is 0.933 bits per heavy atom. The standard InChI is InChI=1S/C27H39FOS/c1-3-5-19-9-15-24(16-10-19)29-18-20-7-11-21(12-8-20)25-17-23-14-13-22(6-4-2)26(28)27(23)30-25/h13-14,17,19-21,24H,3-12,15-16,18H2,1-2H3. The van der Waals surface area contributed by atoms with Gasteiger partial charge in [0, 0.05) is 11.5 Å². The van der Waals surface area contributed by atoms with E-state index < -0.39 is 0 Å². The van der Waals surface area contributed by atoms with E-state index in [0.29, 0.717) is 12.0 Å². The highest BCUT2D eigenvalue weighted by molar-refractivity contribution is 7.19. The largest absolute Gasteiger partial charge is 0.378 e. The molecule has 0 saturated heterocycles. The molecule has 1 nitrogen and oxygen atoms in total. The lowest BCUT2D eigenvalue weighted by Gasteiger charge is -2.32. The van der Waals surface area contributed by atoms with Gasteiger partial charge in [0.1, 0.15) is 5.82 Å². The van der Waals surface area contributed by atoms with Crippen LogP contribution < -0.4 is 0 Å². The van der Waals surface area contributed by atoms with Crippen molar-refractivity contribution < 1.29 is 9.13 Å². The van der Waals surface area contributed by atoms with Crippen LogP contribution in [-0.4, -0.2) is 12.7 Å². The first-order valence-corrected chi connectivity index (χ1v) is 13.3. The Morgan fingerprint density at radius 3 is 2.37 bits per heavy atom. The number of rotatable bonds is 8. The number of hydrogen-bond acceptors (Lipinski definition) is 2. The van der Waals surface area contributed by atoms with Crippen molar-refractivity contribution in [2.45, 2.75) is 103 Å². The molecule has 30 heavy (non-hydrogen) atoms. The van der Waals surface area contributed by atoms with Gasteiger partial charge >= 0.3 is 0 Å². The van der Waals surface area contributed by atoms with Gasteiger partial charge < -0.3 is 4.74 Å². The summed E-state index contributed by atoms with van der Waals surface area (Å²) >= 11 is 1.71. The maximum absolute atomic E-state index is 14.8. The molecule has 166 valence electrons. The summed E-state index contributed by atoms with van der Waals surface area (Å²) in [5.41, 5.74) is 0.878. The molecule has 2 fully saturated rings. The minimum Gasteiger partial charge on any atom is -0.378 e. The molecule has 1 aromatic carbocycles. The Balaban J connectivity index is 1.26. The SMILES string of the molecule is CCCc1ccc2cc(C3CCC(COC4CCC(CCC)CC4)CC3)sc2c1F. The molecule has 0 radical (unpaired) electrons. The van der Waals surface area contributed by atoms with Crippen molar-refractivity contribution in [3.05, 3.63) is 34.5 Å². The lowest BCUT2D eigenvalue weighted by molar-refractivity contribution is -0.00830. The van der Waals surface area contributed by atoms with Gasteiger partial charge in [0.2, 0.25) is 0 Å². The maximum Gasteiger partial charge on any atom is 0.144 e. The van der Waals surface area contributed by atoms with Gasteiger partial charge in [-0.3, -0.25) is 0 Å². The van der Waals surface area contributed by atoms with Crippen LogP contribution in [0.25, 0.3) is 10.1 Å². The third-order valence-electron chi connectivity index (χ3n) is 7.55. The number of ether oxygens (including phenoxy) is 1. The Bertz CT molecular complexity index is 797. The smallest absolute Gasteiger partial charge is 0.144 e. The molecule has 0 atom stereocenters. The molecule has 2 aliphatic rings. The van der Waals surface area contributed by atoms with Crippen LogP contribution in [-0.2, 0) is 11.2 Å². The summed E-state index contributed by atoms with van der Waals surface area (Å²) in [4.78, 5) is 1.39. The van der Waals surface area contributed by atoms with E-state index in [-0.39, 0.29) is 5.82 Å². The van der Waals surface area contributed by atoms with Crippen LogP contribution in [0.4, 0.5) is 4.39 Å². The monoisotopic (exact) mass is 430 g/mol. The molecular weight excluding hydrogens is 391 g/mol. The number of fused-ring (bicyclic) bond motifs is 1. The van der Waals surface area contributed by atoms with Crippen LogP contribution in [0.3, 0.4) is 0 Å². The normalized spacial score (nSPS) is 27.6. The fourth-order valence-corrected chi connectivity index (χ4v) is 6.96. The molecular formula is C27H39FOS. The minimum absolute atomic E-state index is 0.0290. The fourth-order valence-electron chi connectivity index (χ4n) is 5.67. The zero-order valence-corrected chi connectivity index (χ0v) is 19.7. The summed E-state index contributed by atoms with van der Waals surface area (Å²) in [6.45, 7) is 5.37. The first-order chi connectivity index (χ1) is 14.7. The van der Waals surface area contributed by atoms with Crippen LogP contribution in [0.15, 0.2) is 18.2 Å². The summed E-state index contributed by atoms with van der Waals surface area (Å²) in [5, 5.41) is 1.09. The lowest BCUT2D eigenvalue weighted by Crippen LogP contribution is -2.25. The summed E-state index contributed by atoms with van der Waals surface area (Å²) in [5.74, 6) is 2.31. The summed E-state index contributed by atoms with van der Waals surface area (Å²) < 4.78 is 22.1. The molecule has 4 rings (SSSR count). The second-order valence-corrected chi connectivity index (χ2v) is 10.9. The quantitative estimate of drug-likeness (QED) is 0.407. The summed E-state index contributed by atoms with van der Waals surface area (Å²) in [7, 11) is 0. The molecule has 0 amide bonds. The van der Waals surface area contributed by atoms with E-state index >= 15 is 0 Å². The van der Waals surface area contributed by atoms with Gasteiger partial charge in [-0.2, -0.15) is 0 Å². The van der Waals surface area contributed by atoms with Crippen molar-refractivity contribution >= 4 is 21.4 Å². The average Bonchev–Trinajstić information content (AvgIpc) is 3.21. The highest BCUT2D eigenvalue weighted by Gasteiger charge is 2.26. The number of benzene rings is 1. The van der Waals surface area contributed by atoms with Crippen molar-refractivity contribution in [3.8, 4) is 0 Å². The molecule has 1 heterocycles. The van der Waals surface area contributed by atoms with E-state index in [0.717, 1.165) is 46.9 Å². The van der Waals surface area contributed by atoms with Crippen LogP contribution in [0.2, 0.25) is 0 Å². The van der Waals surface area contributed by atoms with Gasteiger partial charge in [-0.15, -0.1) is 11.3 Å². The number of aryl methyl sites for hydroxylation is 1. The average molecular weight is 431 g/mol. The molecule has 0 spiro atoms. The molecule has 0 bridgehead atoms. The number of thiophene rings is 1. The van der Waals surface area contributed by atoms with Crippen molar-refractivity contribution in [2.24, 2.45) is 11.8 Å². The topological polar surface area (TPSA) is 9.23 Å². The first kappa shape index (κ1) is 22.3. The summed E-state index contributed by atoms with van der Waals surface area (Å²) in [6.07, 6.45) is 15.3. The fraction of sp³-hybridized carbons (Fsp3) is 0.704. The van der Waals surface area contributed by atoms with Gasteiger partial charge in [0.15, 0.2) is 0 Å². The third-order valence-corrected chi connectivity index (χ3v) is 8.86.